The Labute approximate surface area is 170 Å². The van der Waals surface area contributed by atoms with Gasteiger partial charge in [0.25, 0.3) is 0 Å². The number of benzene rings is 2. The maximum Gasteiger partial charge on any atom is 0.0924 e. The average molecular weight is 384 g/mol. The van der Waals surface area contributed by atoms with Gasteiger partial charge in [-0.15, -0.1) is 0 Å². The molecule has 6 nitrogen and oxygen atoms in total. The Morgan fingerprint density at radius 3 is 2.69 bits per heavy atom. The summed E-state index contributed by atoms with van der Waals surface area (Å²) in [5.74, 6) is 0.761. The molecule has 0 bridgehead atoms. The van der Waals surface area contributed by atoms with Crippen LogP contribution in [0, 0.1) is 5.92 Å². The predicted molar refractivity (Wildman–Crippen MR) is 117 cm³/mol. The summed E-state index contributed by atoms with van der Waals surface area (Å²) in [4.78, 5) is 11.9. The molecule has 0 saturated heterocycles. The van der Waals surface area contributed by atoms with Gasteiger partial charge in [0.15, 0.2) is 0 Å². The topological polar surface area (TPSA) is 58.9 Å². The Morgan fingerprint density at radius 1 is 1.07 bits per heavy atom. The summed E-state index contributed by atoms with van der Waals surface area (Å²) in [5.41, 5.74) is 7.07. The van der Waals surface area contributed by atoms with Gasteiger partial charge in [-0.3, -0.25) is 9.67 Å². The standard InChI is InChI=1S/C23H24N6/c1-24-18-4-3-5-19(10-18)29(14-16-6-7-16)20-8-9-21-22(11-20)27-23(13-25-21)17-12-26-28(2)15-17/h3-5,8-13,15-16,24H,6-7,14H2,1-2H3. The van der Waals surface area contributed by atoms with Crippen molar-refractivity contribution in [2.75, 3.05) is 23.8 Å². The lowest BCUT2D eigenvalue weighted by Crippen LogP contribution is -2.20. The van der Waals surface area contributed by atoms with Crippen molar-refractivity contribution >= 4 is 28.1 Å². The number of rotatable bonds is 6. The van der Waals surface area contributed by atoms with Gasteiger partial charge in [-0.1, -0.05) is 6.07 Å². The fraction of sp³-hybridized carbons (Fsp3) is 0.261. The van der Waals surface area contributed by atoms with E-state index < -0.39 is 0 Å². The van der Waals surface area contributed by atoms with Crippen LogP contribution in [0.25, 0.3) is 22.3 Å². The second-order valence-corrected chi connectivity index (χ2v) is 7.69. The third-order valence-corrected chi connectivity index (χ3v) is 5.42. The molecular formula is C23H24N6. The van der Waals surface area contributed by atoms with Gasteiger partial charge in [0, 0.05) is 49.5 Å². The molecule has 29 heavy (non-hydrogen) atoms. The molecule has 0 radical (unpaired) electrons. The van der Waals surface area contributed by atoms with Crippen molar-refractivity contribution in [1.29, 1.82) is 0 Å². The third-order valence-electron chi connectivity index (χ3n) is 5.42. The molecule has 0 spiro atoms. The first kappa shape index (κ1) is 17.7. The molecule has 0 unspecified atom stereocenters. The van der Waals surface area contributed by atoms with E-state index in [0.29, 0.717) is 0 Å². The number of anilines is 3. The summed E-state index contributed by atoms with van der Waals surface area (Å²) >= 11 is 0. The zero-order valence-electron chi connectivity index (χ0n) is 16.7. The second-order valence-electron chi connectivity index (χ2n) is 7.69. The zero-order chi connectivity index (χ0) is 19.8. The van der Waals surface area contributed by atoms with Gasteiger partial charge >= 0.3 is 0 Å². The highest BCUT2D eigenvalue weighted by molar-refractivity contribution is 5.82. The lowest BCUT2D eigenvalue weighted by atomic mass is 10.1. The van der Waals surface area contributed by atoms with E-state index in [-0.39, 0.29) is 0 Å². The fourth-order valence-electron chi connectivity index (χ4n) is 3.61. The second kappa shape index (κ2) is 7.20. The molecule has 5 rings (SSSR count). The van der Waals surface area contributed by atoms with Crippen molar-refractivity contribution in [2.24, 2.45) is 13.0 Å². The molecule has 1 aliphatic carbocycles. The van der Waals surface area contributed by atoms with Crippen LogP contribution in [-0.4, -0.2) is 33.3 Å². The molecule has 0 amide bonds. The van der Waals surface area contributed by atoms with Crippen LogP contribution in [0.4, 0.5) is 17.1 Å². The van der Waals surface area contributed by atoms with Crippen LogP contribution in [0.2, 0.25) is 0 Å². The van der Waals surface area contributed by atoms with Crippen LogP contribution < -0.4 is 10.2 Å². The largest absolute Gasteiger partial charge is 0.388 e. The number of nitrogens with one attached hydrogen (secondary N) is 1. The molecule has 6 heteroatoms. The maximum absolute atomic E-state index is 4.87. The minimum absolute atomic E-state index is 0.761. The van der Waals surface area contributed by atoms with E-state index in [2.05, 4.69) is 62.8 Å². The van der Waals surface area contributed by atoms with E-state index in [1.165, 1.54) is 18.5 Å². The summed E-state index contributed by atoms with van der Waals surface area (Å²) in [6.45, 7) is 1.02. The monoisotopic (exact) mass is 384 g/mol. The van der Waals surface area contributed by atoms with E-state index in [4.69, 9.17) is 4.98 Å². The molecule has 0 atom stereocenters. The minimum atomic E-state index is 0.761. The quantitative estimate of drug-likeness (QED) is 0.526. The van der Waals surface area contributed by atoms with Crippen molar-refractivity contribution in [3.05, 3.63) is 61.1 Å². The van der Waals surface area contributed by atoms with Gasteiger partial charge in [0.1, 0.15) is 0 Å². The highest BCUT2D eigenvalue weighted by atomic mass is 15.2. The molecule has 1 N–H and O–H groups in total. The maximum atomic E-state index is 4.87. The van der Waals surface area contributed by atoms with Crippen LogP contribution in [0.1, 0.15) is 12.8 Å². The smallest absolute Gasteiger partial charge is 0.0924 e. The van der Waals surface area contributed by atoms with Crippen molar-refractivity contribution in [2.45, 2.75) is 12.8 Å². The molecule has 1 fully saturated rings. The Bertz CT molecular complexity index is 1160. The molecule has 2 heterocycles. The van der Waals surface area contributed by atoms with Crippen LogP contribution in [0.3, 0.4) is 0 Å². The molecular weight excluding hydrogens is 360 g/mol. The van der Waals surface area contributed by atoms with E-state index >= 15 is 0 Å². The Hall–Kier alpha value is -3.41. The summed E-state index contributed by atoms with van der Waals surface area (Å²) in [5, 5.41) is 7.49. The predicted octanol–water partition coefficient (Wildman–Crippen LogP) is 4.62. The van der Waals surface area contributed by atoms with Crippen molar-refractivity contribution < 1.29 is 0 Å². The first-order chi connectivity index (χ1) is 14.2. The number of aryl methyl sites for hydroxylation is 1. The van der Waals surface area contributed by atoms with Crippen LogP contribution in [-0.2, 0) is 7.05 Å². The highest BCUT2D eigenvalue weighted by Crippen LogP contribution is 2.36. The molecule has 4 aromatic rings. The van der Waals surface area contributed by atoms with E-state index in [1.54, 1.807) is 4.68 Å². The van der Waals surface area contributed by atoms with Crippen molar-refractivity contribution in [3.8, 4) is 11.3 Å². The van der Waals surface area contributed by atoms with Gasteiger partial charge in [-0.2, -0.15) is 5.10 Å². The van der Waals surface area contributed by atoms with Crippen molar-refractivity contribution in [3.63, 3.8) is 0 Å². The molecule has 1 aliphatic rings. The van der Waals surface area contributed by atoms with E-state index in [1.807, 2.05) is 32.7 Å². The zero-order valence-corrected chi connectivity index (χ0v) is 16.7. The fourth-order valence-corrected chi connectivity index (χ4v) is 3.61. The number of fused-ring (bicyclic) bond motifs is 1. The number of aromatic nitrogens is 4. The molecule has 2 aromatic carbocycles. The lowest BCUT2D eigenvalue weighted by Gasteiger charge is -2.26. The molecule has 1 saturated carbocycles. The molecule has 146 valence electrons. The van der Waals surface area contributed by atoms with Crippen molar-refractivity contribution in [1.82, 2.24) is 19.7 Å². The SMILES string of the molecule is CNc1cccc(N(CC2CC2)c2ccc3ncc(-c4cnn(C)c4)nc3c2)c1. The summed E-state index contributed by atoms with van der Waals surface area (Å²) in [6.07, 6.45) is 8.21. The first-order valence-electron chi connectivity index (χ1n) is 10.0. The third kappa shape index (κ3) is 3.66. The molecule has 0 aliphatic heterocycles. The average Bonchev–Trinajstić information content (AvgIpc) is 3.48. The first-order valence-corrected chi connectivity index (χ1v) is 10.0. The highest BCUT2D eigenvalue weighted by Gasteiger charge is 2.25. The number of hydrogen-bond acceptors (Lipinski definition) is 5. The number of hydrogen-bond donors (Lipinski definition) is 1. The van der Waals surface area contributed by atoms with E-state index in [0.717, 1.165) is 46.1 Å². The van der Waals surface area contributed by atoms with Crippen LogP contribution >= 0.6 is 0 Å². The Morgan fingerprint density at radius 2 is 1.93 bits per heavy atom. The van der Waals surface area contributed by atoms with Crippen LogP contribution in [0.5, 0.6) is 0 Å². The van der Waals surface area contributed by atoms with Crippen LogP contribution in [0.15, 0.2) is 61.1 Å². The molecule has 2 aromatic heterocycles. The van der Waals surface area contributed by atoms with Gasteiger partial charge in [0.05, 0.1) is 29.1 Å². The van der Waals surface area contributed by atoms with Gasteiger partial charge < -0.3 is 10.2 Å². The van der Waals surface area contributed by atoms with Gasteiger partial charge in [-0.25, -0.2) is 4.98 Å². The summed E-state index contributed by atoms with van der Waals surface area (Å²) in [6, 6.07) is 14.9. The van der Waals surface area contributed by atoms with Gasteiger partial charge in [-0.05, 0) is 55.2 Å². The summed E-state index contributed by atoms with van der Waals surface area (Å²) < 4.78 is 1.78. The Kier molecular flexibility index (Phi) is 4.39. The van der Waals surface area contributed by atoms with E-state index in [9.17, 15) is 0 Å². The summed E-state index contributed by atoms with van der Waals surface area (Å²) in [7, 11) is 3.86. The lowest BCUT2D eigenvalue weighted by molar-refractivity contribution is 0.768. The van der Waals surface area contributed by atoms with Gasteiger partial charge in [0.2, 0.25) is 0 Å². The normalized spacial score (nSPS) is 13.6. The number of nitrogens with zero attached hydrogens (tertiary/aromatic N) is 5. The Balaban J connectivity index is 1.56. The minimum Gasteiger partial charge on any atom is -0.388 e.